The minimum absolute atomic E-state index is 0.0375. The lowest BCUT2D eigenvalue weighted by Crippen LogP contribution is -2.23. The zero-order chi connectivity index (χ0) is 22.8. The summed E-state index contributed by atoms with van der Waals surface area (Å²) >= 11 is 0. The van der Waals surface area contributed by atoms with Crippen LogP contribution in [0.2, 0.25) is 0 Å². The molecule has 0 unspecified atom stereocenters. The van der Waals surface area contributed by atoms with E-state index in [2.05, 4.69) is 5.32 Å². The van der Waals surface area contributed by atoms with E-state index in [1.54, 1.807) is 45.3 Å². The van der Waals surface area contributed by atoms with Gasteiger partial charge in [0, 0.05) is 20.2 Å². The number of carbonyl (C=O) groups excluding carboxylic acids is 1. The Balaban J connectivity index is 1.86. The minimum Gasteiger partial charge on any atom is -0.494 e. The Hall–Kier alpha value is -3.27. The predicted molar refractivity (Wildman–Crippen MR) is 118 cm³/mol. The van der Waals surface area contributed by atoms with Crippen molar-refractivity contribution in [3.63, 3.8) is 0 Å². The van der Waals surface area contributed by atoms with Gasteiger partial charge in [-0.1, -0.05) is 0 Å². The van der Waals surface area contributed by atoms with Gasteiger partial charge in [-0.3, -0.25) is 13.9 Å². The lowest BCUT2D eigenvalue weighted by Gasteiger charge is -2.13. The Bertz CT molecular complexity index is 1290. The van der Waals surface area contributed by atoms with Crippen molar-refractivity contribution in [1.82, 2.24) is 9.13 Å². The van der Waals surface area contributed by atoms with Crippen molar-refractivity contribution >= 4 is 32.5 Å². The number of anilines is 1. The molecule has 0 saturated carbocycles. The number of hydrogen-bond acceptors (Lipinski definition) is 6. The Kier molecular flexibility index (Phi) is 6.40. The van der Waals surface area contributed by atoms with Gasteiger partial charge in [-0.05, 0) is 44.2 Å². The highest BCUT2D eigenvalue weighted by molar-refractivity contribution is 7.92. The third kappa shape index (κ3) is 4.58. The van der Waals surface area contributed by atoms with Gasteiger partial charge in [0.1, 0.15) is 17.3 Å². The van der Waals surface area contributed by atoms with Crippen LogP contribution in [0.5, 0.6) is 11.5 Å². The molecule has 10 heteroatoms. The monoisotopic (exact) mass is 447 g/mol. The van der Waals surface area contributed by atoms with E-state index in [1.807, 2.05) is 6.92 Å². The number of aryl methyl sites for hydroxylation is 2. The number of fused-ring (bicyclic) bond motifs is 1. The Morgan fingerprint density at radius 2 is 1.65 bits per heavy atom. The molecule has 1 aromatic heterocycles. The van der Waals surface area contributed by atoms with Gasteiger partial charge in [0.25, 0.3) is 0 Å². The standard InChI is InChI=1S/C21H25N3O6S/c1-5-29-14-7-10-19(30-6-2)16(11-14)22-20(25)13-31(27,28)15-8-9-17-18(12-15)24(4)21(26)23(17)3/h7-12H,5-6,13H2,1-4H3,(H,22,25). The summed E-state index contributed by atoms with van der Waals surface area (Å²) in [6, 6.07) is 9.31. The van der Waals surface area contributed by atoms with Crippen molar-refractivity contribution < 1.29 is 22.7 Å². The predicted octanol–water partition coefficient (Wildman–Crippen LogP) is 2.09. The third-order valence-corrected chi connectivity index (χ3v) is 6.37. The van der Waals surface area contributed by atoms with Gasteiger partial charge in [-0.2, -0.15) is 0 Å². The molecule has 0 atom stereocenters. The molecule has 0 aliphatic carbocycles. The first-order valence-electron chi connectivity index (χ1n) is 9.75. The van der Waals surface area contributed by atoms with Crippen LogP contribution in [-0.2, 0) is 28.7 Å². The van der Waals surface area contributed by atoms with E-state index >= 15 is 0 Å². The van der Waals surface area contributed by atoms with Gasteiger partial charge in [-0.15, -0.1) is 0 Å². The van der Waals surface area contributed by atoms with Crippen LogP contribution < -0.4 is 20.5 Å². The molecule has 0 spiro atoms. The minimum atomic E-state index is -3.95. The summed E-state index contributed by atoms with van der Waals surface area (Å²) in [5, 5.41) is 2.60. The van der Waals surface area contributed by atoms with E-state index in [9.17, 15) is 18.0 Å². The van der Waals surface area contributed by atoms with E-state index in [0.29, 0.717) is 41.4 Å². The molecule has 0 aliphatic heterocycles. The normalized spacial score (nSPS) is 11.5. The van der Waals surface area contributed by atoms with Gasteiger partial charge in [0.05, 0.1) is 34.8 Å². The van der Waals surface area contributed by atoms with Crippen molar-refractivity contribution in [2.24, 2.45) is 14.1 Å². The van der Waals surface area contributed by atoms with E-state index in [0.717, 1.165) is 0 Å². The maximum absolute atomic E-state index is 12.8. The first-order chi connectivity index (χ1) is 14.7. The molecule has 1 heterocycles. The Morgan fingerprint density at radius 3 is 2.32 bits per heavy atom. The highest BCUT2D eigenvalue weighted by Gasteiger charge is 2.22. The molecule has 2 aromatic carbocycles. The number of hydrogen-bond donors (Lipinski definition) is 1. The zero-order valence-electron chi connectivity index (χ0n) is 17.8. The number of sulfone groups is 1. The smallest absolute Gasteiger partial charge is 0.328 e. The zero-order valence-corrected chi connectivity index (χ0v) is 18.7. The molecule has 1 amide bonds. The summed E-state index contributed by atoms with van der Waals surface area (Å²) in [4.78, 5) is 24.6. The van der Waals surface area contributed by atoms with Crippen LogP contribution >= 0.6 is 0 Å². The van der Waals surface area contributed by atoms with E-state index in [1.165, 1.54) is 21.3 Å². The van der Waals surface area contributed by atoms with Crippen molar-refractivity contribution in [1.29, 1.82) is 0 Å². The highest BCUT2D eigenvalue weighted by Crippen LogP contribution is 2.29. The Labute approximate surface area is 180 Å². The molecule has 0 saturated heterocycles. The molecule has 31 heavy (non-hydrogen) atoms. The molecular formula is C21H25N3O6S. The number of amides is 1. The summed E-state index contributed by atoms with van der Waals surface area (Å²) in [6.45, 7) is 4.46. The summed E-state index contributed by atoms with van der Waals surface area (Å²) in [6.07, 6.45) is 0. The largest absolute Gasteiger partial charge is 0.494 e. The molecule has 0 bridgehead atoms. The molecule has 0 aliphatic rings. The summed E-state index contributed by atoms with van der Waals surface area (Å²) in [5.41, 5.74) is 1.14. The van der Waals surface area contributed by atoms with Crippen LogP contribution in [0.3, 0.4) is 0 Å². The number of ether oxygens (including phenoxy) is 2. The molecule has 0 fully saturated rings. The molecule has 3 aromatic rings. The van der Waals surface area contributed by atoms with Crippen LogP contribution in [-0.4, -0.2) is 42.4 Å². The second kappa shape index (κ2) is 8.84. The SMILES string of the molecule is CCOc1ccc(OCC)c(NC(=O)CS(=O)(=O)c2ccc3c(c2)n(C)c(=O)n3C)c1. The molecule has 3 rings (SSSR count). The molecular weight excluding hydrogens is 422 g/mol. The Morgan fingerprint density at radius 1 is 0.968 bits per heavy atom. The lowest BCUT2D eigenvalue weighted by molar-refractivity contribution is -0.113. The van der Waals surface area contributed by atoms with Crippen molar-refractivity contribution in [2.75, 3.05) is 24.3 Å². The number of carbonyl (C=O) groups is 1. The maximum Gasteiger partial charge on any atom is 0.328 e. The number of imidazole rings is 1. The second-order valence-electron chi connectivity index (χ2n) is 6.88. The van der Waals surface area contributed by atoms with Crippen molar-refractivity contribution in [2.45, 2.75) is 18.7 Å². The van der Waals surface area contributed by atoms with Gasteiger partial charge < -0.3 is 14.8 Å². The number of aromatic nitrogens is 2. The third-order valence-electron chi connectivity index (χ3n) is 4.76. The second-order valence-corrected chi connectivity index (χ2v) is 8.87. The van der Waals surface area contributed by atoms with Gasteiger partial charge in [0.15, 0.2) is 9.84 Å². The fourth-order valence-corrected chi connectivity index (χ4v) is 4.42. The van der Waals surface area contributed by atoms with Crippen LogP contribution in [0.25, 0.3) is 11.0 Å². The van der Waals surface area contributed by atoms with Crippen LogP contribution in [0, 0.1) is 0 Å². The van der Waals surface area contributed by atoms with E-state index in [4.69, 9.17) is 9.47 Å². The summed E-state index contributed by atoms with van der Waals surface area (Å²) in [5.74, 6) is -0.530. The first kappa shape index (κ1) is 22.4. The van der Waals surface area contributed by atoms with Crippen LogP contribution in [0.15, 0.2) is 46.1 Å². The molecule has 166 valence electrons. The highest BCUT2D eigenvalue weighted by atomic mass is 32.2. The van der Waals surface area contributed by atoms with Gasteiger partial charge in [-0.25, -0.2) is 13.2 Å². The van der Waals surface area contributed by atoms with Crippen LogP contribution in [0.1, 0.15) is 13.8 Å². The summed E-state index contributed by atoms with van der Waals surface area (Å²) < 4.78 is 39.4. The topological polar surface area (TPSA) is 109 Å². The molecule has 0 radical (unpaired) electrons. The quantitative estimate of drug-likeness (QED) is 0.566. The van der Waals surface area contributed by atoms with E-state index in [-0.39, 0.29) is 10.6 Å². The average Bonchev–Trinajstić information content (AvgIpc) is 2.93. The molecule has 1 N–H and O–H groups in total. The number of rotatable bonds is 8. The fraction of sp³-hybridized carbons (Fsp3) is 0.333. The lowest BCUT2D eigenvalue weighted by atomic mass is 10.2. The van der Waals surface area contributed by atoms with E-state index < -0.39 is 21.5 Å². The average molecular weight is 448 g/mol. The summed E-state index contributed by atoms with van der Waals surface area (Å²) in [7, 11) is -0.772. The first-order valence-corrected chi connectivity index (χ1v) is 11.4. The number of nitrogens with zero attached hydrogens (tertiary/aromatic N) is 2. The molecule has 9 nitrogen and oxygen atoms in total. The van der Waals surface area contributed by atoms with Crippen LogP contribution in [0.4, 0.5) is 5.69 Å². The van der Waals surface area contributed by atoms with Gasteiger partial charge >= 0.3 is 5.69 Å². The fourth-order valence-electron chi connectivity index (χ4n) is 3.27. The maximum atomic E-state index is 12.8. The number of nitrogens with one attached hydrogen (secondary N) is 1. The van der Waals surface area contributed by atoms with Gasteiger partial charge in [0.2, 0.25) is 5.91 Å². The van der Waals surface area contributed by atoms with Crippen molar-refractivity contribution in [3.8, 4) is 11.5 Å². The number of benzene rings is 2. The van der Waals surface area contributed by atoms with Crippen molar-refractivity contribution in [3.05, 3.63) is 46.9 Å².